The highest BCUT2D eigenvalue weighted by Gasteiger charge is 2.54. The van der Waals surface area contributed by atoms with E-state index in [9.17, 15) is 0 Å². The van der Waals surface area contributed by atoms with Gasteiger partial charge in [-0.3, -0.25) is 4.90 Å². The predicted octanol–water partition coefficient (Wildman–Crippen LogP) is 1.33. The molecule has 2 fully saturated rings. The van der Waals surface area contributed by atoms with E-state index >= 15 is 0 Å². The van der Waals surface area contributed by atoms with Crippen molar-refractivity contribution in [3.8, 4) is 0 Å². The van der Waals surface area contributed by atoms with Crippen molar-refractivity contribution in [1.29, 1.82) is 0 Å². The molecule has 2 aliphatic heterocycles. The molecule has 2 saturated heterocycles. The van der Waals surface area contributed by atoms with Crippen molar-refractivity contribution in [3.63, 3.8) is 0 Å². The maximum absolute atomic E-state index is 3.54. The highest BCUT2D eigenvalue weighted by atomic mass is 15.2. The van der Waals surface area contributed by atoms with Crippen molar-refractivity contribution in [2.45, 2.75) is 33.7 Å². The van der Waals surface area contributed by atoms with Crippen LogP contribution in [0.1, 0.15) is 27.7 Å². The maximum Gasteiger partial charge on any atom is 0.00566 e. The average molecular weight is 182 g/mol. The van der Waals surface area contributed by atoms with Crippen LogP contribution in [0.25, 0.3) is 0 Å². The molecule has 0 aromatic carbocycles. The van der Waals surface area contributed by atoms with Gasteiger partial charge in [0, 0.05) is 43.1 Å². The first-order valence-electron chi connectivity index (χ1n) is 5.42. The van der Waals surface area contributed by atoms with E-state index < -0.39 is 0 Å². The molecular formula is C11H22N2. The third kappa shape index (κ3) is 1.23. The molecule has 0 aromatic rings. The number of fused-ring (bicyclic) bond motifs is 1. The molecule has 0 bridgehead atoms. The third-order valence-corrected chi connectivity index (χ3v) is 4.32. The predicted molar refractivity (Wildman–Crippen MR) is 55.8 cm³/mol. The van der Waals surface area contributed by atoms with Crippen molar-refractivity contribution in [2.75, 3.05) is 26.2 Å². The van der Waals surface area contributed by atoms with E-state index in [4.69, 9.17) is 0 Å². The molecule has 2 rings (SSSR count). The lowest BCUT2D eigenvalue weighted by Crippen LogP contribution is -2.34. The SMILES string of the molecule is CC(C)N1CC2(C)CNCC2(C)C1. The lowest BCUT2D eigenvalue weighted by Gasteiger charge is -2.31. The van der Waals surface area contributed by atoms with E-state index in [1.54, 1.807) is 0 Å². The van der Waals surface area contributed by atoms with E-state index in [0.717, 1.165) is 0 Å². The van der Waals surface area contributed by atoms with Crippen molar-refractivity contribution in [3.05, 3.63) is 0 Å². The lowest BCUT2D eigenvalue weighted by atomic mass is 9.71. The Kier molecular flexibility index (Phi) is 1.97. The van der Waals surface area contributed by atoms with Gasteiger partial charge in [-0.1, -0.05) is 13.8 Å². The van der Waals surface area contributed by atoms with Crippen LogP contribution in [0.15, 0.2) is 0 Å². The number of likely N-dealkylation sites (tertiary alicyclic amines) is 1. The topological polar surface area (TPSA) is 15.3 Å². The standard InChI is InChI=1S/C11H22N2/c1-9(2)13-7-10(3)5-12-6-11(10,4)8-13/h9,12H,5-8H2,1-4H3. The third-order valence-electron chi connectivity index (χ3n) is 4.32. The average Bonchev–Trinajstić information content (AvgIpc) is 2.38. The Morgan fingerprint density at radius 2 is 1.54 bits per heavy atom. The van der Waals surface area contributed by atoms with Gasteiger partial charge in [0.2, 0.25) is 0 Å². The van der Waals surface area contributed by atoms with Crippen LogP contribution in [0.4, 0.5) is 0 Å². The fraction of sp³-hybridized carbons (Fsp3) is 1.00. The molecule has 1 N–H and O–H groups in total. The van der Waals surface area contributed by atoms with Gasteiger partial charge in [0.25, 0.3) is 0 Å². The second kappa shape index (κ2) is 2.71. The number of hydrogen-bond acceptors (Lipinski definition) is 2. The second-order valence-corrected chi connectivity index (χ2v) is 5.72. The minimum atomic E-state index is 0.511. The smallest absolute Gasteiger partial charge is 0.00566 e. The Morgan fingerprint density at radius 1 is 1.08 bits per heavy atom. The van der Waals surface area contributed by atoms with Crippen molar-refractivity contribution >= 4 is 0 Å². The monoisotopic (exact) mass is 182 g/mol. The molecule has 0 amide bonds. The minimum absolute atomic E-state index is 0.511. The zero-order chi connectivity index (χ0) is 9.69. The summed E-state index contributed by atoms with van der Waals surface area (Å²) in [7, 11) is 0. The van der Waals surface area contributed by atoms with Gasteiger partial charge in [0.15, 0.2) is 0 Å². The molecule has 0 aliphatic carbocycles. The van der Waals surface area contributed by atoms with Crippen LogP contribution in [0.3, 0.4) is 0 Å². The summed E-state index contributed by atoms with van der Waals surface area (Å²) in [5, 5.41) is 3.54. The highest BCUT2D eigenvalue weighted by Crippen LogP contribution is 2.48. The quantitative estimate of drug-likeness (QED) is 0.658. The van der Waals surface area contributed by atoms with Crippen molar-refractivity contribution in [1.82, 2.24) is 10.2 Å². The summed E-state index contributed by atoms with van der Waals surface area (Å²) in [5.74, 6) is 0. The first-order chi connectivity index (χ1) is 5.97. The van der Waals surface area contributed by atoms with Crippen LogP contribution >= 0.6 is 0 Å². The Hall–Kier alpha value is -0.0800. The number of nitrogens with zero attached hydrogens (tertiary/aromatic N) is 1. The molecule has 2 aliphatic rings. The molecule has 0 saturated carbocycles. The van der Waals surface area contributed by atoms with Gasteiger partial charge in [-0.2, -0.15) is 0 Å². The van der Waals surface area contributed by atoms with Crippen LogP contribution in [0.2, 0.25) is 0 Å². The lowest BCUT2D eigenvalue weighted by molar-refractivity contribution is 0.212. The number of nitrogens with one attached hydrogen (secondary N) is 1. The highest BCUT2D eigenvalue weighted by molar-refractivity contribution is 5.08. The Labute approximate surface area is 81.7 Å². The Morgan fingerprint density at radius 3 is 1.92 bits per heavy atom. The van der Waals surface area contributed by atoms with Gasteiger partial charge in [-0.05, 0) is 13.8 Å². The van der Waals surface area contributed by atoms with Gasteiger partial charge in [0.1, 0.15) is 0 Å². The molecule has 0 aromatic heterocycles. The Balaban J connectivity index is 2.18. The molecule has 0 spiro atoms. The van der Waals surface area contributed by atoms with Gasteiger partial charge >= 0.3 is 0 Å². The molecule has 2 unspecified atom stereocenters. The summed E-state index contributed by atoms with van der Waals surface area (Å²) in [6.45, 7) is 14.4. The van der Waals surface area contributed by atoms with E-state index in [1.807, 2.05) is 0 Å². The van der Waals surface area contributed by atoms with Gasteiger partial charge in [-0.25, -0.2) is 0 Å². The van der Waals surface area contributed by atoms with Crippen LogP contribution in [0, 0.1) is 10.8 Å². The zero-order valence-corrected chi connectivity index (χ0v) is 9.35. The Bertz CT molecular complexity index is 196. The summed E-state index contributed by atoms with van der Waals surface area (Å²) >= 11 is 0. The fourth-order valence-corrected chi connectivity index (χ4v) is 2.85. The second-order valence-electron chi connectivity index (χ2n) is 5.72. The van der Waals surface area contributed by atoms with E-state index in [1.165, 1.54) is 26.2 Å². The van der Waals surface area contributed by atoms with Gasteiger partial charge < -0.3 is 5.32 Å². The maximum atomic E-state index is 3.54. The first-order valence-corrected chi connectivity index (χ1v) is 5.42. The van der Waals surface area contributed by atoms with Crippen LogP contribution < -0.4 is 5.32 Å². The van der Waals surface area contributed by atoms with Gasteiger partial charge in [-0.15, -0.1) is 0 Å². The largest absolute Gasteiger partial charge is 0.316 e. The summed E-state index contributed by atoms with van der Waals surface area (Å²) in [6.07, 6.45) is 0. The summed E-state index contributed by atoms with van der Waals surface area (Å²) in [6, 6.07) is 0.708. The molecule has 0 radical (unpaired) electrons. The minimum Gasteiger partial charge on any atom is -0.316 e. The summed E-state index contributed by atoms with van der Waals surface area (Å²) in [4.78, 5) is 2.63. The van der Waals surface area contributed by atoms with Crippen LogP contribution in [0.5, 0.6) is 0 Å². The summed E-state index contributed by atoms with van der Waals surface area (Å²) in [5.41, 5.74) is 1.02. The van der Waals surface area contributed by atoms with Crippen molar-refractivity contribution in [2.24, 2.45) is 10.8 Å². The molecule has 2 heteroatoms. The van der Waals surface area contributed by atoms with Crippen molar-refractivity contribution < 1.29 is 0 Å². The molecule has 2 atom stereocenters. The summed E-state index contributed by atoms with van der Waals surface area (Å²) < 4.78 is 0. The normalized spacial score (nSPS) is 45.9. The molecule has 13 heavy (non-hydrogen) atoms. The van der Waals surface area contributed by atoms with E-state index in [2.05, 4.69) is 37.9 Å². The van der Waals surface area contributed by atoms with E-state index in [0.29, 0.717) is 16.9 Å². The first kappa shape index (κ1) is 9.47. The number of rotatable bonds is 1. The zero-order valence-electron chi connectivity index (χ0n) is 9.35. The molecular weight excluding hydrogens is 160 g/mol. The van der Waals surface area contributed by atoms with Crippen LogP contribution in [-0.4, -0.2) is 37.1 Å². The molecule has 2 nitrogen and oxygen atoms in total. The fourth-order valence-electron chi connectivity index (χ4n) is 2.85. The van der Waals surface area contributed by atoms with Crippen LogP contribution in [-0.2, 0) is 0 Å². The molecule has 76 valence electrons. The number of hydrogen-bond donors (Lipinski definition) is 1. The van der Waals surface area contributed by atoms with E-state index in [-0.39, 0.29) is 0 Å². The van der Waals surface area contributed by atoms with Gasteiger partial charge in [0.05, 0.1) is 0 Å². The molecule has 2 heterocycles.